The predicted octanol–water partition coefficient (Wildman–Crippen LogP) is 5.23. The summed E-state index contributed by atoms with van der Waals surface area (Å²) in [6.45, 7) is 0. The second-order valence-corrected chi connectivity index (χ2v) is 5.37. The van der Waals surface area contributed by atoms with Crippen molar-refractivity contribution in [3.63, 3.8) is 0 Å². The van der Waals surface area contributed by atoms with Gasteiger partial charge in [0.2, 0.25) is 0 Å². The molecule has 0 radical (unpaired) electrons. The van der Waals surface area contributed by atoms with Crippen molar-refractivity contribution in [3.8, 4) is 11.1 Å². The standard InChI is InChI=1S/C21H16O/c1-22-21(15-9-3-2-4-10-15)20-18-13-7-5-11-16(18)17-12-6-8-14-19(17)20/h2-14H,1H3. The highest BCUT2D eigenvalue weighted by Gasteiger charge is 2.26. The molecule has 0 bridgehead atoms. The third-order valence-electron chi connectivity index (χ3n) is 4.15. The predicted molar refractivity (Wildman–Crippen MR) is 91.2 cm³/mol. The highest BCUT2D eigenvalue weighted by atomic mass is 16.5. The van der Waals surface area contributed by atoms with Gasteiger partial charge in [0.25, 0.3) is 0 Å². The molecule has 0 fully saturated rings. The Morgan fingerprint density at radius 1 is 0.591 bits per heavy atom. The number of ether oxygens (including phenoxy) is 1. The molecule has 1 aliphatic carbocycles. The van der Waals surface area contributed by atoms with Crippen LogP contribution in [0.3, 0.4) is 0 Å². The molecule has 106 valence electrons. The van der Waals surface area contributed by atoms with Gasteiger partial charge in [0.05, 0.1) is 7.11 Å². The minimum Gasteiger partial charge on any atom is -0.495 e. The molecule has 0 saturated heterocycles. The van der Waals surface area contributed by atoms with Crippen LogP contribution in [0.1, 0.15) is 16.7 Å². The monoisotopic (exact) mass is 284 g/mol. The smallest absolute Gasteiger partial charge is 0.134 e. The van der Waals surface area contributed by atoms with Crippen LogP contribution in [0.2, 0.25) is 0 Å². The van der Waals surface area contributed by atoms with Crippen molar-refractivity contribution in [1.82, 2.24) is 0 Å². The summed E-state index contributed by atoms with van der Waals surface area (Å²) < 4.78 is 5.81. The van der Waals surface area contributed by atoms with Crippen LogP contribution in [-0.4, -0.2) is 7.11 Å². The van der Waals surface area contributed by atoms with E-state index in [0.717, 1.165) is 11.3 Å². The lowest BCUT2D eigenvalue weighted by Crippen LogP contribution is -1.93. The zero-order valence-corrected chi connectivity index (χ0v) is 12.4. The second-order valence-electron chi connectivity index (χ2n) is 5.37. The van der Waals surface area contributed by atoms with Gasteiger partial charge in [-0.15, -0.1) is 0 Å². The quantitative estimate of drug-likeness (QED) is 0.458. The molecule has 4 rings (SSSR count). The second kappa shape index (κ2) is 5.19. The molecule has 22 heavy (non-hydrogen) atoms. The van der Waals surface area contributed by atoms with E-state index in [1.54, 1.807) is 7.11 Å². The molecule has 0 saturated carbocycles. The molecule has 0 amide bonds. The first-order valence-electron chi connectivity index (χ1n) is 7.43. The molecule has 0 atom stereocenters. The Labute approximate surface area is 130 Å². The van der Waals surface area contributed by atoms with Crippen LogP contribution in [0.25, 0.3) is 22.5 Å². The number of rotatable bonds is 2. The molecule has 3 aromatic rings. The van der Waals surface area contributed by atoms with Gasteiger partial charge in [0, 0.05) is 11.1 Å². The van der Waals surface area contributed by atoms with Gasteiger partial charge in [0.15, 0.2) is 0 Å². The van der Waals surface area contributed by atoms with Crippen molar-refractivity contribution in [2.45, 2.75) is 0 Å². The fourth-order valence-electron chi connectivity index (χ4n) is 3.22. The van der Waals surface area contributed by atoms with Gasteiger partial charge in [-0.2, -0.15) is 0 Å². The van der Waals surface area contributed by atoms with Gasteiger partial charge in [-0.1, -0.05) is 78.9 Å². The van der Waals surface area contributed by atoms with Gasteiger partial charge in [0.1, 0.15) is 5.76 Å². The maximum absolute atomic E-state index is 5.81. The summed E-state index contributed by atoms with van der Waals surface area (Å²) in [6, 6.07) is 27.4. The zero-order valence-electron chi connectivity index (χ0n) is 12.4. The van der Waals surface area contributed by atoms with E-state index in [4.69, 9.17) is 4.74 Å². The third-order valence-corrected chi connectivity index (χ3v) is 4.15. The first-order valence-corrected chi connectivity index (χ1v) is 7.43. The average Bonchev–Trinajstić information content (AvgIpc) is 2.92. The number of hydrogen-bond donors (Lipinski definition) is 0. The number of fused-ring (bicyclic) bond motifs is 3. The van der Waals surface area contributed by atoms with Crippen molar-refractivity contribution in [2.24, 2.45) is 0 Å². The first kappa shape index (κ1) is 12.9. The number of benzene rings is 3. The highest BCUT2D eigenvalue weighted by molar-refractivity contribution is 6.08. The average molecular weight is 284 g/mol. The Hall–Kier alpha value is -2.80. The Morgan fingerprint density at radius 3 is 1.55 bits per heavy atom. The van der Waals surface area contributed by atoms with Crippen LogP contribution in [-0.2, 0) is 4.74 Å². The lowest BCUT2D eigenvalue weighted by atomic mass is 9.99. The largest absolute Gasteiger partial charge is 0.495 e. The molecule has 0 heterocycles. The Kier molecular flexibility index (Phi) is 3.05. The molecular formula is C21H16O. The normalized spacial score (nSPS) is 11.8. The molecule has 1 nitrogen and oxygen atoms in total. The topological polar surface area (TPSA) is 9.23 Å². The van der Waals surface area contributed by atoms with Crippen LogP contribution < -0.4 is 0 Å². The first-order chi connectivity index (χ1) is 10.9. The lowest BCUT2D eigenvalue weighted by Gasteiger charge is -2.12. The molecule has 0 aliphatic heterocycles. The summed E-state index contributed by atoms with van der Waals surface area (Å²) in [4.78, 5) is 0. The van der Waals surface area contributed by atoms with Crippen LogP contribution in [0.15, 0.2) is 78.9 Å². The van der Waals surface area contributed by atoms with Crippen molar-refractivity contribution in [3.05, 3.63) is 95.6 Å². The van der Waals surface area contributed by atoms with E-state index in [-0.39, 0.29) is 0 Å². The SMILES string of the molecule is COC(=C1c2ccccc2-c2ccccc21)c1ccccc1. The Balaban J connectivity index is 2.08. The van der Waals surface area contributed by atoms with Crippen LogP contribution in [0.5, 0.6) is 0 Å². The van der Waals surface area contributed by atoms with Crippen LogP contribution in [0.4, 0.5) is 0 Å². The van der Waals surface area contributed by atoms with E-state index in [2.05, 4.69) is 60.7 Å². The van der Waals surface area contributed by atoms with Crippen LogP contribution >= 0.6 is 0 Å². The summed E-state index contributed by atoms with van der Waals surface area (Å²) in [5.74, 6) is 0.929. The number of methoxy groups -OCH3 is 1. The summed E-state index contributed by atoms with van der Waals surface area (Å²) in [5.41, 5.74) is 7.32. The Bertz CT molecular complexity index is 812. The van der Waals surface area contributed by atoms with Crippen molar-refractivity contribution >= 4 is 11.3 Å². The van der Waals surface area contributed by atoms with Gasteiger partial charge < -0.3 is 4.74 Å². The van der Waals surface area contributed by atoms with E-state index < -0.39 is 0 Å². The highest BCUT2D eigenvalue weighted by Crippen LogP contribution is 2.47. The molecular weight excluding hydrogens is 268 g/mol. The maximum Gasteiger partial charge on any atom is 0.134 e. The molecule has 0 spiro atoms. The van der Waals surface area contributed by atoms with E-state index in [1.807, 2.05) is 18.2 Å². The van der Waals surface area contributed by atoms with Gasteiger partial charge in [-0.3, -0.25) is 0 Å². The van der Waals surface area contributed by atoms with Gasteiger partial charge in [-0.25, -0.2) is 0 Å². The molecule has 0 aromatic heterocycles. The van der Waals surface area contributed by atoms with Gasteiger partial charge in [-0.05, 0) is 22.3 Å². The van der Waals surface area contributed by atoms with Crippen molar-refractivity contribution in [2.75, 3.05) is 7.11 Å². The van der Waals surface area contributed by atoms with E-state index in [1.165, 1.54) is 27.8 Å². The summed E-state index contributed by atoms with van der Waals surface area (Å²) in [7, 11) is 1.75. The third kappa shape index (κ3) is 1.86. The minimum absolute atomic E-state index is 0.929. The molecule has 0 unspecified atom stereocenters. The fourth-order valence-corrected chi connectivity index (χ4v) is 3.22. The number of hydrogen-bond acceptors (Lipinski definition) is 1. The van der Waals surface area contributed by atoms with E-state index in [0.29, 0.717) is 0 Å². The van der Waals surface area contributed by atoms with E-state index in [9.17, 15) is 0 Å². The molecule has 3 aromatic carbocycles. The lowest BCUT2D eigenvalue weighted by molar-refractivity contribution is 0.371. The van der Waals surface area contributed by atoms with Crippen molar-refractivity contribution in [1.29, 1.82) is 0 Å². The fraction of sp³-hybridized carbons (Fsp3) is 0.0476. The molecule has 1 aliphatic rings. The van der Waals surface area contributed by atoms with E-state index >= 15 is 0 Å². The molecule has 0 N–H and O–H groups in total. The van der Waals surface area contributed by atoms with Gasteiger partial charge >= 0.3 is 0 Å². The summed E-state index contributed by atoms with van der Waals surface area (Å²) in [6.07, 6.45) is 0. The van der Waals surface area contributed by atoms with Crippen LogP contribution in [0, 0.1) is 0 Å². The maximum atomic E-state index is 5.81. The minimum atomic E-state index is 0.929. The molecule has 1 heteroatoms. The summed E-state index contributed by atoms with van der Waals surface area (Å²) >= 11 is 0. The van der Waals surface area contributed by atoms with Crippen molar-refractivity contribution < 1.29 is 4.74 Å². The summed E-state index contributed by atoms with van der Waals surface area (Å²) in [5, 5.41) is 0. The zero-order chi connectivity index (χ0) is 14.9. The Morgan fingerprint density at radius 2 is 1.05 bits per heavy atom.